The van der Waals surface area contributed by atoms with E-state index in [1.807, 2.05) is 13.8 Å². The Morgan fingerprint density at radius 2 is 1.33 bits per heavy atom. The molecule has 374 valence electrons. The molecule has 1 saturated heterocycles. The van der Waals surface area contributed by atoms with E-state index in [4.69, 9.17) is 34.4 Å². The van der Waals surface area contributed by atoms with Crippen LogP contribution >= 0.6 is 0 Å². The molecular weight excluding hydrogens is 871 g/mol. The molecule has 0 bridgehead atoms. The van der Waals surface area contributed by atoms with Crippen LogP contribution in [0.3, 0.4) is 0 Å². The molecule has 0 spiro atoms. The predicted molar refractivity (Wildman–Crippen MR) is 251 cm³/mol. The number of aliphatic imine (C=N–C) groups is 2. The van der Waals surface area contributed by atoms with Crippen molar-refractivity contribution in [3.05, 3.63) is 29.8 Å². The number of nitrogens with two attached hydrogens (primary N) is 6. The van der Waals surface area contributed by atoms with Crippen LogP contribution in [0.2, 0.25) is 0 Å². The first-order valence-corrected chi connectivity index (χ1v) is 22.6. The van der Waals surface area contributed by atoms with Crippen molar-refractivity contribution in [3.63, 3.8) is 0 Å². The number of rotatable bonds is 29. The van der Waals surface area contributed by atoms with Crippen LogP contribution in [0.5, 0.6) is 5.75 Å². The van der Waals surface area contributed by atoms with E-state index in [2.05, 4.69) is 36.6 Å². The highest BCUT2D eigenvalue weighted by molar-refractivity contribution is 5.97. The summed E-state index contributed by atoms with van der Waals surface area (Å²) in [4.78, 5) is 118. The van der Waals surface area contributed by atoms with Crippen LogP contribution in [0.4, 0.5) is 0 Å². The van der Waals surface area contributed by atoms with Crippen molar-refractivity contribution >= 4 is 59.2 Å². The number of phenolic OH excluding ortho intramolecular Hbond substituents is 1. The summed E-state index contributed by atoms with van der Waals surface area (Å²) in [6.07, 6.45) is 2.86. The molecule has 0 unspecified atom stereocenters. The molecule has 8 amide bonds. The van der Waals surface area contributed by atoms with Crippen molar-refractivity contribution < 1.29 is 43.5 Å². The average Bonchev–Trinajstić information content (AvgIpc) is 3.76. The normalized spacial score (nSPS) is 15.4. The van der Waals surface area contributed by atoms with E-state index in [9.17, 15) is 43.5 Å². The van der Waals surface area contributed by atoms with E-state index < -0.39 is 90.1 Å². The fourth-order valence-corrected chi connectivity index (χ4v) is 7.32. The number of carbonyl (C=O) groups excluding carboxylic acids is 8. The quantitative estimate of drug-likeness (QED) is 0.0216. The topological polar surface area (TPSA) is 404 Å². The summed E-state index contributed by atoms with van der Waals surface area (Å²) in [5, 5.41) is 23.2. The third kappa shape index (κ3) is 20.6. The van der Waals surface area contributed by atoms with Crippen molar-refractivity contribution in [1.29, 1.82) is 0 Å². The molecule has 24 heteroatoms. The van der Waals surface area contributed by atoms with Gasteiger partial charge in [0.05, 0.1) is 6.54 Å². The van der Waals surface area contributed by atoms with Gasteiger partial charge in [0, 0.05) is 39.6 Å². The summed E-state index contributed by atoms with van der Waals surface area (Å²) < 4.78 is 0. The maximum Gasteiger partial charge on any atom is 0.245 e. The maximum atomic E-state index is 14.5. The second kappa shape index (κ2) is 29.0. The lowest BCUT2D eigenvalue weighted by molar-refractivity contribution is -0.143. The molecule has 2 rings (SSSR count). The van der Waals surface area contributed by atoms with Gasteiger partial charge in [0.15, 0.2) is 11.9 Å². The number of hydrogen-bond acceptors (Lipinski definition) is 12. The molecular formula is C43H73N15O9. The summed E-state index contributed by atoms with van der Waals surface area (Å²) in [5.41, 5.74) is 33.8. The number of nitrogens with one attached hydrogen (secondary N) is 5. The SMILES string of the molecule is CCC[C@H](NC(=O)[C@H](CCCN=C(N)N)NC(=O)[C@@H]1CCCN1C(=O)[C@H](CCCN=C(N)N)NC(C)=O)C(=O)N(CC(=O)N[C@@H](CN)C(=O)N[C@@H](CCC(C)C)C(N)=O)Cc1ccc(O)cc1. The number of benzene rings is 1. The molecule has 1 fully saturated rings. The van der Waals surface area contributed by atoms with E-state index in [1.165, 1.54) is 28.9 Å². The number of phenols is 1. The lowest BCUT2D eigenvalue weighted by Gasteiger charge is -2.31. The summed E-state index contributed by atoms with van der Waals surface area (Å²) in [7, 11) is 0. The van der Waals surface area contributed by atoms with E-state index in [1.54, 1.807) is 19.1 Å². The first-order valence-electron chi connectivity index (χ1n) is 22.6. The predicted octanol–water partition coefficient (Wildman–Crippen LogP) is -3.06. The molecule has 0 saturated carbocycles. The highest BCUT2D eigenvalue weighted by Gasteiger charge is 2.39. The van der Waals surface area contributed by atoms with E-state index >= 15 is 0 Å². The zero-order valence-corrected chi connectivity index (χ0v) is 39.1. The number of guanidine groups is 2. The zero-order valence-electron chi connectivity index (χ0n) is 39.1. The van der Waals surface area contributed by atoms with Crippen molar-refractivity contribution in [2.45, 2.75) is 135 Å². The molecule has 18 N–H and O–H groups in total. The number of nitrogens with zero attached hydrogens (tertiary/aromatic N) is 4. The minimum Gasteiger partial charge on any atom is -0.508 e. The Morgan fingerprint density at radius 1 is 0.746 bits per heavy atom. The van der Waals surface area contributed by atoms with Gasteiger partial charge in [-0.05, 0) is 81.4 Å². The number of carbonyl (C=O) groups is 8. The number of amides is 8. The van der Waals surface area contributed by atoms with Gasteiger partial charge in [0.2, 0.25) is 47.3 Å². The van der Waals surface area contributed by atoms with Gasteiger partial charge in [-0.25, -0.2) is 0 Å². The Bertz CT molecular complexity index is 1890. The lowest BCUT2D eigenvalue weighted by Crippen LogP contribution is -2.59. The third-order valence-corrected chi connectivity index (χ3v) is 10.8. The van der Waals surface area contributed by atoms with Gasteiger partial charge in [0.25, 0.3) is 0 Å². The van der Waals surface area contributed by atoms with Gasteiger partial charge in [-0.3, -0.25) is 48.3 Å². The van der Waals surface area contributed by atoms with Gasteiger partial charge >= 0.3 is 0 Å². The monoisotopic (exact) mass is 944 g/mol. The smallest absolute Gasteiger partial charge is 0.245 e. The molecule has 1 aliphatic heterocycles. The molecule has 1 heterocycles. The van der Waals surface area contributed by atoms with Gasteiger partial charge < -0.3 is 75.9 Å². The third-order valence-electron chi connectivity index (χ3n) is 10.8. The zero-order chi connectivity index (χ0) is 50.2. The van der Waals surface area contributed by atoms with E-state index in [0.29, 0.717) is 31.2 Å². The molecule has 6 atom stereocenters. The second-order valence-electron chi connectivity index (χ2n) is 16.9. The Labute approximate surface area is 391 Å². The van der Waals surface area contributed by atoms with Crippen LogP contribution in [-0.2, 0) is 44.9 Å². The van der Waals surface area contributed by atoms with Gasteiger partial charge in [-0.15, -0.1) is 0 Å². The van der Waals surface area contributed by atoms with E-state index in [-0.39, 0.29) is 94.8 Å². The Balaban J connectivity index is 2.39. The Hall–Kier alpha value is -6.72. The number of primary amides is 1. The van der Waals surface area contributed by atoms with Crippen LogP contribution < -0.4 is 61.0 Å². The summed E-state index contributed by atoms with van der Waals surface area (Å²) in [6.45, 7) is 6.34. The molecule has 0 aromatic heterocycles. The first-order chi connectivity index (χ1) is 31.7. The van der Waals surface area contributed by atoms with Crippen molar-refractivity contribution in [3.8, 4) is 5.75 Å². The summed E-state index contributed by atoms with van der Waals surface area (Å²) >= 11 is 0. The number of likely N-dealkylation sites (tertiary alicyclic amines) is 1. The molecule has 1 aromatic rings. The molecule has 0 aliphatic carbocycles. The van der Waals surface area contributed by atoms with Gasteiger partial charge in [-0.2, -0.15) is 0 Å². The fourth-order valence-electron chi connectivity index (χ4n) is 7.32. The summed E-state index contributed by atoms with van der Waals surface area (Å²) in [6, 6.07) is -0.870. The Kier molecular flexibility index (Phi) is 24.4. The first kappa shape index (κ1) is 56.4. The average molecular weight is 944 g/mol. The highest BCUT2D eigenvalue weighted by Crippen LogP contribution is 2.21. The highest BCUT2D eigenvalue weighted by atomic mass is 16.3. The van der Waals surface area contributed by atoms with Crippen molar-refractivity contribution in [2.24, 2.45) is 50.3 Å². The molecule has 0 radical (unpaired) electrons. The molecule has 67 heavy (non-hydrogen) atoms. The van der Waals surface area contributed by atoms with Crippen molar-refractivity contribution in [1.82, 2.24) is 36.4 Å². The van der Waals surface area contributed by atoms with Crippen LogP contribution in [0.25, 0.3) is 0 Å². The summed E-state index contributed by atoms with van der Waals surface area (Å²) in [5.74, 6) is -5.42. The minimum absolute atomic E-state index is 0.0115. The lowest BCUT2D eigenvalue weighted by atomic mass is 10.0. The number of hydrogen-bond donors (Lipinski definition) is 12. The standard InChI is InChI=1S/C43H73N15O9/c1-5-9-31(40(66)57(23-27-14-16-28(60)17-15-27)24-35(61)53-33(22-44)38(64)54-29(36(45)62)18-13-25(2)3)56-37(63)30(10-6-19-50-42(46)47)55-39(65)34-12-8-21-58(34)41(67)32(52-26(4)59)11-7-20-51-43(48)49/h14-17,25,29-34,60H,5-13,18-24,44H2,1-4H3,(H2,45,62)(H,52,59)(H,53,61)(H,54,64)(H,55,65)(H,56,63)(H4,46,47,50)(H4,48,49,51)/t29-,30-,31-,32-,33-,34-/m0/s1. The number of aromatic hydroxyl groups is 1. The van der Waals surface area contributed by atoms with Crippen LogP contribution in [-0.4, -0.2) is 143 Å². The van der Waals surface area contributed by atoms with Gasteiger partial charge in [-0.1, -0.05) is 39.3 Å². The minimum atomic E-state index is -1.30. The fraction of sp³-hybridized carbons (Fsp3) is 0.628. The van der Waals surface area contributed by atoms with Crippen LogP contribution in [0.15, 0.2) is 34.3 Å². The maximum absolute atomic E-state index is 14.5. The molecule has 24 nitrogen and oxygen atoms in total. The van der Waals surface area contributed by atoms with E-state index in [0.717, 1.165) is 0 Å². The molecule has 1 aromatic carbocycles. The van der Waals surface area contributed by atoms with Crippen LogP contribution in [0.1, 0.15) is 97.5 Å². The van der Waals surface area contributed by atoms with Crippen LogP contribution in [0, 0.1) is 5.92 Å². The largest absolute Gasteiger partial charge is 0.508 e. The Morgan fingerprint density at radius 3 is 1.87 bits per heavy atom. The van der Waals surface area contributed by atoms with Crippen molar-refractivity contribution in [2.75, 3.05) is 32.7 Å². The second-order valence-corrected chi connectivity index (χ2v) is 16.9. The molecule has 1 aliphatic rings. The van der Waals surface area contributed by atoms with Gasteiger partial charge in [0.1, 0.15) is 42.0 Å².